The van der Waals surface area contributed by atoms with Gasteiger partial charge in [-0.1, -0.05) is 64.7 Å². The van der Waals surface area contributed by atoms with Crippen molar-refractivity contribution < 1.29 is 0 Å². The molecule has 0 aromatic heterocycles. The normalized spacial score (nSPS) is 11.3. The Morgan fingerprint density at radius 1 is 0.833 bits per heavy atom. The summed E-state index contributed by atoms with van der Waals surface area (Å²) in [6.45, 7) is 3.05. The van der Waals surface area contributed by atoms with Crippen molar-refractivity contribution in [3.8, 4) is 0 Å². The van der Waals surface area contributed by atoms with Gasteiger partial charge in [0.2, 0.25) is 0 Å². The highest BCUT2D eigenvalue weighted by Crippen LogP contribution is 2.16. The molecule has 1 aromatic carbocycles. The highest BCUT2D eigenvalue weighted by atomic mass is 35.5. The Balaban J connectivity index is 0.00000529. The molecule has 24 heavy (non-hydrogen) atoms. The third kappa shape index (κ3) is 9.66. The van der Waals surface area contributed by atoms with Gasteiger partial charge in [0.1, 0.15) is 5.84 Å². The zero-order valence-electron chi connectivity index (χ0n) is 15.1. The van der Waals surface area contributed by atoms with Gasteiger partial charge in [-0.3, -0.25) is 4.99 Å². The van der Waals surface area contributed by atoms with Crippen molar-refractivity contribution in [2.75, 3.05) is 18.0 Å². The van der Waals surface area contributed by atoms with Gasteiger partial charge in [0, 0.05) is 12.1 Å². The highest BCUT2D eigenvalue weighted by molar-refractivity contribution is 5.98. The summed E-state index contributed by atoms with van der Waals surface area (Å²) in [7, 11) is 0. The van der Waals surface area contributed by atoms with E-state index in [4.69, 9.17) is 17.2 Å². The van der Waals surface area contributed by atoms with E-state index in [9.17, 15) is 0 Å². The lowest BCUT2D eigenvalue weighted by molar-refractivity contribution is 0.558. The van der Waals surface area contributed by atoms with Crippen LogP contribution < -0.4 is 17.2 Å². The molecule has 0 saturated carbocycles. The molecule has 1 aromatic rings. The molecule has 4 nitrogen and oxygen atoms in total. The molecule has 0 amide bonds. The Morgan fingerprint density at radius 3 is 1.92 bits per heavy atom. The molecule has 0 aliphatic heterocycles. The summed E-state index contributed by atoms with van der Waals surface area (Å²) >= 11 is 0. The molecule has 0 saturated heterocycles. The van der Waals surface area contributed by atoms with Gasteiger partial charge in [0.25, 0.3) is 0 Å². The Labute approximate surface area is 153 Å². The van der Waals surface area contributed by atoms with Crippen molar-refractivity contribution in [1.82, 2.24) is 0 Å². The van der Waals surface area contributed by atoms with E-state index in [0.29, 0.717) is 17.2 Å². The van der Waals surface area contributed by atoms with E-state index in [1.807, 2.05) is 6.07 Å². The van der Waals surface area contributed by atoms with Crippen molar-refractivity contribution in [1.29, 1.82) is 0 Å². The van der Waals surface area contributed by atoms with Crippen LogP contribution in [0.2, 0.25) is 0 Å². The fourth-order valence-electron chi connectivity index (χ4n) is 2.62. The van der Waals surface area contributed by atoms with Gasteiger partial charge in [-0.2, -0.15) is 0 Å². The summed E-state index contributed by atoms with van der Waals surface area (Å²) in [6, 6.07) is 5.42. The summed E-state index contributed by atoms with van der Waals surface area (Å²) < 4.78 is 0. The summed E-state index contributed by atoms with van der Waals surface area (Å²) in [6.07, 6.45) is 13.3. The maximum atomic E-state index is 5.99. The summed E-state index contributed by atoms with van der Waals surface area (Å²) in [5, 5.41) is 0. The van der Waals surface area contributed by atoms with Crippen LogP contribution in [0.4, 0.5) is 11.4 Å². The molecule has 0 aliphatic rings. The third-order valence-electron chi connectivity index (χ3n) is 4.18. The lowest BCUT2D eigenvalue weighted by atomic mass is 10.1. The molecule has 138 valence electrons. The van der Waals surface area contributed by atoms with Crippen LogP contribution >= 0.6 is 12.4 Å². The molecule has 5 heteroatoms. The topological polar surface area (TPSA) is 90.4 Å². The van der Waals surface area contributed by atoms with Crippen molar-refractivity contribution in [2.45, 2.75) is 71.1 Å². The molecule has 0 spiro atoms. The van der Waals surface area contributed by atoms with E-state index >= 15 is 0 Å². The van der Waals surface area contributed by atoms with Crippen LogP contribution in [0.15, 0.2) is 23.2 Å². The maximum absolute atomic E-state index is 5.99. The molecule has 6 N–H and O–H groups in total. The molecule has 0 radical (unpaired) electrons. The third-order valence-corrected chi connectivity index (χ3v) is 4.18. The van der Waals surface area contributed by atoms with Crippen LogP contribution in [0.3, 0.4) is 0 Å². The summed E-state index contributed by atoms with van der Waals surface area (Å²) in [5.74, 6) is 0.549. The largest absolute Gasteiger partial charge is 0.397 e. The Kier molecular flexibility index (Phi) is 13.1. The fourth-order valence-corrected chi connectivity index (χ4v) is 2.62. The molecule has 0 heterocycles. The molecular formula is C19H35ClN4. The van der Waals surface area contributed by atoms with Gasteiger partial charge < -0.3 is 17.2 Å². The second-order valence-corrected chi connectivity index (χ2v) is 6.29. The molecule has 0 aliphatic carbocycles. The van der Waals surface area contributed by atoms with Crippen molar-refractivity contribution in [3.63, 3.8) is 0 Å². The number of benzene rings is 1. The average Bonchev–Trinajstić information content (AvgIpc) is 2.55. The number of nitrogens with zero attached hydrogens (tertiary/aromatic N) is 1. The molecular weight excluding hydrogens is 320 g/mol. The van der Waals surface area contributed by atoms with Gasteiger partial charge in [-0.05, 0) is 24.6 Å². The van der Waals surface area contributed by atoms with Crippen LogP contribution in [0.1, 0.15) is 76.7 Å². The Morgan fingerprint density at radius 2 is 1.38 bits per heavy atom. The second-order valence-electron chi connectivity index (χ2n) is 6.29. The van der Waals surface area contributed by atoms with E-state index in [1.54, 1.807) is 12.1 Å². The first-order chi connectivity index (χ1) is 11.1. The minimum absolute atomic E-state index is 0. The average molecular weight is 355 g/mol. The zero-order chi connectivity index (χ0) is 16.9. The number of hydrogen-bond donors (Lipinski definition) is 3. The molecule has 1 rings (SSSR count). The monoisotopic (exact) mass is 354 g/mol. The SMILES string of the molecule is CCCCCCCCCCCCN=C(N)c1ccc(N)c(N)c1.Cl. The van der Waals surface area contributed by atoms with Gasteiger partial charge in [0.05, 0.1) is 11.4 Å². The van der Waals surface area contributed by atoms with Crippen LogP contribution in [0, 0.1) is 0 Å². The first-order valence-electron chi connectivity index (χ1n) is 9.10. The van der Waals surface area contributed by atoms with E-state index in [2.05, 4.69) is 11.9 Å². The van der Waals surface area contributed by atoms with Crippen molar-refractivity contribution in [2.24, 2.45) is 10.7 Å². The van der Waals surface area contributed by atoms with Gasteiger partial charge >= 0.3 is 0 Å². The highest BCUT2D eigenvalue weighted by Gasteiger charge is 2.01. The zero-order valence-corrected chi connectivity index (χ0v) is 15.9. The number of nitrogens with two attached hydrogens (primary N) is 3. The minimum atomic E-state index is 0. The Bertz CT molecular complexity index is 474. The summed E-state index contributed by atoms with van der Waals surface area (Å²) in [4.78, 5) is 4.43. The van der Waals surface area contributed by atoms with E-state index in [0.717, 1.165) is 18.5 Å². The number of amidine groups is 1. The van der Waals surface area contributed by atoms with Gasteiger partial charge in [-0.25, -0.2) is 0 Å². The lowest BCUT2D eigenvalue weighted by Gasteiger charge is -2.05. The number of unbranched alkanes of at least 4 members (excludes halogenated alkanes) is 9. The maximum Gasteiger partial charge on any atom is 0.125 e. The number of nitrogen functional groups attached to an aromatic ring is 2. The van der Waals surface area contributed by atoms with Crippen LogP contribution in [-0.4, -0.2) is 12.4 Å². The first kappa shape index (κ1) is 22.6. The molecule has 0 unspecified atom stereocenters. The predicted octanol–water partition coefficient (Wildman–Crippen LogP) is 4.90. The number of aliphatic imine (C=N–C) groups is 1. The quantitative estimate of drug-likeness (QED) is 0.216. The number of anilines is 2. The summed E-state index contributed by atoms with van der Waals surface area (Å²) in [5.41, 5.74) is 19.5. The van der Waals surface area contributed by atoms with Gasteiger partial charge in [-0.15, -0.1) is 12.4 Å². The molecule has 0 atom stereocenters. The molecule has 0 bridgehead atoms. The second kappa shape index (κ2) is 14.0. The van der Waals surface area contributed by atoms with Crippen molar-refractivity contribution >= 4 is 29.6 Å². The predicted molar refractivity (Wildman–Crippen MR) is 110 cm³/mol. The number of rotatable bonds is 12. The van der Waals surface area contributed by atoms with Crippen molar-refractivity contribution in [3.05, 3.63) is 23.8 Å². The molecule has 0 fully saturated rings. The number of halogens is 1. The smallest absolute Gasteiger partial charge is 0.125 e. The van der Waals surface area contributed by atoms with Crippen LogP contribution in [0.5, 0.6) is 0 Å². The first-order valence-corrected chi connectivity index (χ1v) is 9.10. The Hall–Kier alpha value is -1.42. The van der Waals surface area contributed by atoms with E-state index < -0.39 is 0 Å². The lowest BCUT2D eigenvalue weighted by Crippen LogP contribution is -2.14. The van der Waals surface area contributed by atoms with E-state index in [-0.39, 0.29) is 12.4 Å². The van der Waals surface area contributed by atoms with Crippen LogP contribution in [0.25, 0.3) is 0 Å². The van der Waals surface area contributed by atoms with E-state index in [1.165, 1.54) is 57.8 Å². The number of hydrogen-bond acceptors (Lipinski definition) is 3. The fraction of sp³-hybridized carbons (Fsp3) is 0.632. The standard InChI is InChI=1S/C19H34N4.ClH/c1-2-3-4-5-6-7-8-9-10-11-14-23-19(22)16-12-13-17(20)18(21)15-16;/h12-13,15H,2-11,14,20-21H2,1H3,(H2,22,23);1H. The minimum Gasteiger partial charge on any atom is -0.397 e. The van der Waals surface area contributed by atoms with Gasteiger partial charge in [0.15, 0.2) is 0 Å². The van der Waals surface area contributed by atoms with Crippen LogP contribution in [-0.2, 0) is 0 Å².